The Hall–Kier alpha value is -1.72. The van der Waals surface area contributed by atoms with E-state index in [9.17, 15) is 12.8 Å². The number of halogens is 2. The number of benzene rings is 2. The molecule has 0 saturated carbocycles. The van der Waals surface area contributed by atoms with Crippen molar-refractivity contribution in [1.29, 1.82) is 0 Å². The van der Waals surface area contributed by atoms with Gasteiger partial charge in [-0.25, -0.2) is 17.1 Å². The van der Waals surface area contributed by atoms with Crippen molar-refractivity contribution in [2.45, 2.75) is 18.0 Å². The molecule has 0 fully saturated rings. The Morgan fingerprint density at radius 2 is 1.52 bits per heavy atom. The molecular formula is C18H24FIN4O2S. The first kappa shape index (κ1) is 23.3. The Morgan fingerprint density at radius 1 is 1.00 bits per heavy atom. The van der Waals surface area contributed by atoms with Crippen LogP contribution in [0.25, 0.3) is 0 Å². The number of rotatable bonds is 6. The van der Waals surface area contributed by atoms with Gasteiger partial charge in [-0.05, 0) is 17.7 Å². The third-order valence-corrected chi connectivity index (χ3v) is 5.72. The van der Waals surface area contributed by atoms with Crippen LogP contribution >= 0.6 is 24.0 Å². The van der Waals surface area contributed by atoms with E-state index in [-0.39, 0.29) is 47.8 Å². The minimum absolute atomic E-state index is 0. The number of guanidine groups is 1. The molecule has 0 aromatic heterocycles. The number of nitrogens with one attached hydrogen (secondary N) is 2. The number of nitrogens with zero attached hydrogens (tertiary/aromatic N) is 2. The summed E-state index contributed by atoms with van der Waals surface area (Å²) in [6.45, 7) is 0.532. The highest BCUT2D eigenvalue weighted by atomic mass is 127. The van der Waals surface area contributed by atoms with Crippen LogP contribution in [0.5, 0.6) is 0 Å². The van der Waals surface area contributed by atoms with Crippen LogP contribution in [0, 0.1) is 5.82 Å². The molecule has 0 aliphatic carbocycles. The monoisotopic (exact) mass is 506 g/mol. The summed E-state index contributed by atoms with van der Waals surface area (Å²) in [5.41, 5.74) is 1.14. The van der Waals surface area contributed by atoms with Crippen LogP contribution in [0.2, 0.25) is 0 Å². The summed E-state index contributed by atoms with van der Waals surface area (Å²) >= 11 is 0. The molecule has 2 aromatic carbocycles. The summed E-state index contributed by atoms with van der Waals surface area (Å²) in [6.07, 6.45) is 0. The number of aliphatic imine (C=N–C) groups is 1. The van der Waals surface area contributed by atoms with Crippen LogP contribution < -0.4 is 10.6 Å². The van der Waals surface area contributed by atoms with Crippen LogP contribution in [0.1, 0.15) is 11.1 Å². The van der Waals surface area contributed by atoms with Crippen molar-refractivity contribution in [3.63, 3.8) is 0 Å². The van der Waals surface area contributed by atoms with Gasteiger partial charge in [-0.3, -0.25) is 4.99 Å². The Bertz CT molecular complexity index is 888. The average Bonchev–Trinajstić information content (AvgIpc) is 2.63. The van der Waals surface area contributed by atoms with Crippen molar-refractivity contribution in [1.82, 2.24) is 14.9 Å². The zero-order valence-corrected chi connectivity index (χ0v) is 18.6. The lowest BCUT2D eigenvalue weighted by atomic mass is 10.2. The molecule has 9 heteroatoms. The van der Waals surface area contributed by atoms with E-state index >= 15 is 0 Å². The maximum absolute atomic E-state index is 13.7. The summed E-state index contributed by atoms with van der Waals surface area (Å²) < 4.78 is 39.7. The highest BCUT2D eigenvalue weighted by Gasteiger charge is 2.20. The predicted octanol–water partition coefficient (Wildman–Crippen LogP) is 2.56. The Kier molecular flexibility index (Phi) is 9.13. The van der Waals surface area contributed by atoms with Crippen molar-refractivity contribution in [3.05, 3.63) is 65.5 Å². The van der Waals surface area contributed by atoms with E-state index in [0.29, 0.717) is 17.1 Å². The molecule has 0 amide bonds. The highest BCUT2D eigenvalue weighted by Crippen LogP contribution is 2.18. The molecule has 148 valence electrons. The molecule has 0 aliphatic rings. The molecule has 2 rings (SSSR count). The van der Waals surface area contributed by atoms with E-state index in [1.54, 1.807) is 49.5 Å². The molecule has 27 heavy (non-hydrogen) atoms. The molecule has 0 spiro atoms. The molecule has 2 N–H and O–H groups in total. The first-order valence-electron chi connectivity index (χ1n) is 8.04. The van der Waals surface area contributed by atoms with E-state index in [1.807, 2.05) is 0 Å². The summed E-state index contributed by atoms with van der Waals surface area (Å²) in [6, 6.07) is 13.3. The van der Waals surface area contributed by atoms with E-state index < -0.39 is 10.0 Å². The molecule has 6 nitrogen and oxygen atoms in total. The minimum atomic E-state index is -3.54. The van der Waals surface area contributed by atoms with Crippen LogP contribution in [0.4, 0.5) is 4.39 Å². The van der Waals surface area contributed by atoms with Gasteiger partial charge in [0.05, 0.1) is 4.90 Å². The van der Waals surface area contributed by atoms with Gasteiger partial charge < -0.3 is 10.6 Å². The van der Waals surface area contributed by atoms with Crippen molar-refractivity contribution >= 4 is 40.0 Å². The standard InChI is InChI=1S/C18H23FN4O2S.HI/c1-20-18(21-12-14-8-4-6-10-16(14)19)22-13-15-9-5-7-11-17(15)26(24,25)23(2)3;/h4-11H,12-13H2,1-3H3,(H2,20,21,22);1H. The predicted molar refractivity (Wildman–Crippen MR) is 116 cm³/mol. The first-order chi connectivity index (χ1) is 12.4. The van der Waals surface area contributed by atoms with E-state index in [4.69, 9.17) is 0 Å². The Labute approximate surface area is 177 Å². The Morgan fingerprint density at radius 3 is 2.07 bits per heavy atom. The quantitative estimate of drug-likeness (QED) is 0.359. The van der Waals surface area contributed by atoms with Gasteiger partial charge in [-0.1, -0.05) is 36.4 Å². The fourth-order valence-electron chi connectivity index (χ4n) is 2.32. The number of hydrogen-bond acceptors (Lipinski definition) is 3. The minimum Gasteiger partial charge on any atom is -0.352 e. The second-order valence-electron chi connectivity index (χ2n) is 5.77. The fraction of sp³-hybridized carbons (Fsp3) is 0.278. The van der Waals surface area contributed by atoms with E-state index in [0.717, 1.165) is 0 Å². The van der Waals surface area contributed by atoms with Crippen LogP contribution in [-0.2, 0) is 23.1 Å². The zero-order valence-electron chi connectivity index (χ0n) is 15.4. The fourth-order valence-corrected chi connectivity index (χ4v) is 3.43. The third-order valence-electron chi connectivity index (χ3n) is 3.81. The lowest BCUT2D eigenvalue weighted by molar-refractivity contribution is 0.519. The smallest absolute Gasteiger partial charge is 0.242 e. The van der Waals surface area contributed by atoms with Gasteiger partial charge in [0.1, 0.15) is 5.82 Å². The van der Waals surface area contributed by atoms with Gasteiger partial charge in [0.2, 0.25) is 10.0 Å². The van der Waals surface area contributed by atoms with Crippen molar-refractivity contribution in [2.24, 2.45) is 4.99 Å². The first-order valence-corrected chi connectivity index (χ1v) is 9.48. The molecule has 0 bridgehead atoms. The Balaban J connectivity index is 0.00000364. The summed E-state index contributed by atoms with van der Waals surface area (Å²) in [7, 11) is 1.05. The molecule has 0 unspecified atom stereocenters. The largest absolute Gasteiger partial charge is 0.352 e. The number of sulfonamides is 1. The van der Waals surface area contributed by atoms with Crippen molar-refractivity contribution in [3.8, 4) is 0 Å². The molecular weight excluding hydrogens is 482 g/mol. The van der Waals surface area contributed by atoms with Crippen molar-refractivity contribution in [2.75, 3.05) is 21.1 Å². The van der Waals surface area contributed by atoms with Crippen LogP contribution in [0.15, 0.2) is 58.4 Å². The van der Waals surface area contributed by atoms with Crippen molar-refractivity contribution < 1.29 is 12.8 Å². The molecule has 0 heterocycles. The van der Waals surface area contributed by atoms with E-state index in [2.05, 4.69) is 15.6 Å². The maximum atomic E-state index is 13.7. The van der Waals surface area contributed by atoms with Gasteiger partial charge >= 0.3 is 0 Å². The topological polar surface area (TPSA) is 73.8 Å². The third kappa shape index (κ3) is 6.15. The SMILES string of the molecule is CN=C(NCc1ccccc1F)NCc1ccccc1S(=O)(=O)N(C)C.I. The van der Waals surface area contributed by atoms with Crippen LogP contribution in [0.3, 0.4) is 0 Å². The summed E-state index contributed by atoms with van der Waals surface area (Å²) in [4.78, 5) is 4.32. The normalized spacial score (nSPS) is 11.8. The van der Waals surface area contributed by atoms with Gasteiger partial charge in [-0.2, -0.15) is 0 Å². The van der Waals surface area contributed by atoms with E-state index in [1.165, 1.54) is 24.5 Å². The second-order valence-corrected chi connectivity index (χ2v) is 7.89. The average molecular weight is 506 g/mol. The highest BCUT2D eigenvalue weighted by molar-refractivity contribution is 14.0. The molecule has 0 aliphatic heterocycles. The lowest BCUT2D eigenvalue weighted by Gasteiger charge is -2.17. The number of hydrogen-bond donors (Lipinski definition) is 2. The molecule has 0 saturated heterocycles. The lowest BCUT2D eigenvalue weighted by Crippen LogP contribution is -2.37. The zero-order chi connectivity index (χ0) is 19.2. The molecule has 2 aromatic rings. The maximum Gasteiger partial charge on any atom is 0.242 e. The van der Waals surface area contributed by atoms with Gasteiger partial charge in [0.25, 0.3) is 0 Å². The van der Waals surface area contributed by atoms with Gasteiger partial charge in [-0.15, -0.1) is 24.0 Å². The van der Waals surface area contributed by atoms with Crippen LogP contribution in [-0.4, -0.2) is 39.8 Å². The second kappa shape index (κ2) is 10.6. The summed E-state index contributed by atoms with van der Waals surface area (Å²) in [5, 5.41) is 6.08. The summed E-state index contributed by atoms with van der Waals surface area (Å²) in [5.74, 6) is 0.156. The molecule has 0 radical (unpaired) electrons. The molecule has 0 atom stereocenters. The van der Waals surface area contributed by atoms with Gasteiger partial charge in [0.15, 0.2) is 5.96 Å². The van der Waals surface area contributed by atoms with Gasteiger partial charge in [0, 0.05) is 39.8 Å².